The van der Waals surface area contributed by atoms with Crippen LogP contribution < -0.4 is 5.32 Å². The lowest BCUT2D eigenvalue weighted by molar-refractivity contribution is 0.0542. The molecular formula is C19H24FN3O. The van der Waals surface area contributed by atoms with Gasteiger partial charge in [-0.15, -0.1) is 0 Å². The minimum atomic E-state index is -0.189. The van der Waals surface area contributed by atoms with Gasteiger partial charge in [-0.3, -0.25) is 0 Å². The van der Waals surface area contributed by atoms with Gasteiger partial charge in [-0.25, -0.2) is 14.4 Å². The van der Waals surface area contributed by atoms with Crippen LogP contribution in [0.3, 0.4) is 0 Å². The van der Waals surface area contributed by atoms with Crippen molar-refractivity contribution in [3.63, 3.8) is 0 Å². The summed E-state index contributed by atoms with van der Waals surface area (Å²) in [6.45, 7) is 6.09. The summed E-state index contributed by atoms with van der Waals surface area (Å²) in [6.07, 6.45) is 4.49. The Kier molecular flexibility index (Phi) is 5.09. The highest BCUT2D eigenvalue weighted by atomic mass is 19.1. The predicted molar refractivity (Wildman–Crippen MR) is 92.8 cm³/mol. The van der Waals surface area contributed by atoms with Gasteiger partial charge < -0.3 is 10.1 Å². The number of aromatic nitrogens is 2. The molecule has 1 fully saturated rings. The zero-order valence-corrected chi connectivity index (χ0v) is 14.3. The molecule has 0 radical (unpaired) electrons. The van der Waals surface area contributed by atoms with Crippen LogP contribution in [0.15, 0.2) is 30.5 Å². The summed E-state index contributed by atoms with van der Waals surface area (Å²) in [7, 11) is 0. The van der Waals surface area contributed by atoms with Crippen molar-refractivity contribution in [1.29, 1.82) is 0 Å². The van der Waals surface area contributed by atoms with Crippen molar-refractivity contribution in [2.75, 3.05) is 25.1 Å². The highest BCUT2D eigenvalue weighted by Crippen LogP contribution is 2.35. The maximum absolute atomic E-state index is 13.8. The first-order chi connectivity index (χ1) is 11.6. The van der Waals surface area contributed by atoms with E-state index in [1.165, 1.54) is 6.07 Å². The van der Waals surface area contributed by atoms with Gasteiger partial charge in [-0.1, -0.05) is 19.1 Å². The summed E-state index contributed by atoms with van der Waals surface area (Å²) in [4.78, 5) is 8.81. The van der Waals surface area contributed by atoms with E-state index >= 15 is 0 Å². The molecular weight excluding hydrogens is 305 g/mol. The van der Waals surface area contributed by atoms with E-state index in [2.05, 4.69) is 22.2 Å². The van der Waals surface area contributed by atoms with Crippen LogP contribution in [0.5, 0.6) is 0 Å². The normalized spacial score (nSPS) is 16.8. The molecule has 1 aromatic carbocycles. The van der Waals surface area contributed by atoms with Crippen LogP contribution >= 0.6 is 0 Å². The molecule has 24 heavy (non-hydrogen) atoms. The van der Waals surface area contributed by atoms with E-state index in [0.717, 1.165) is 42.0 Å². The van der Waals surface area contributed by atoms with Crippen molar-refractivity contribution in [3.8, 4) is 0 Å². The van der Waals surface area contributed by atoms with E-state index < -0.39 is 0 Å². The first-order valence-corrected chi connectivity index (χ1v) is 8.53. The number of halogens is 1. The van der Waals surface area contributed by atoms with Gasteiger partial charge in [0.1, 0.15) is 17.5 Å². The molecule has 3 rings (SSSR count). The van der Waals surface area contributed by atoms with Crippen LogP contribution in [0.2, 0.25) is 0 Å². The van der Waals surface area contributed by atoms with E-state index in [1.807, 2.05) is 19.2 Å². The summed E-state index contributed by atoms with van der Waals surface area (Å²) in [5.41, 5.74) is 1.99. The highest BCUT2D eigenvalue weighted by molar-refractivity contribution is 5.44. The molecule has 2 aromatic rings. The van der Waals surface area contributed by atoms with Crippen LogP contribution in [-0.2, 0) is 16.6 Å². The Labute approximate surface area is 142 Å². The Bertz CT molecular complexity index is 699. The number of nitrogens with zero attached hydrogens (tertiary/aromatic N) is 2. The van der Waals surface area contributed by atoms with Crippen LogP contribution in [0.4, 0.5) is 10.2 Å². The zero-order chi connectivity index (χ0) is 17.0. The van der Waals surface area contributed by atoms with Crippen molar-refractivity contribution in [1.82, 2.24) is 9.97 Å². The lowest BCUT2D eigenvalue weighted by Gasteiger charge is -2.38. The third-order valence-electron chi connectivity index (χ3n) is 4.85. The van der Waals surface area contributed by atoms with E-state index in [0.29, 0.717) is 19.8 Å². The largest absolute Gasteiger partial charge is 0.381 e. The smallest absolute Gasteiger partial charge is 0.132 e. The molecule has 0 spiro atoms. The van der Waals surface area contributed by atoms with Crippen LogP contribution in [0, 0.1) is 12.7 Å². The average molecular weight is 329 g/mol. The van der Waals surface area contributed by atoms with Gasteiger partial charge in [0.05, 0.1) is 0 Å². The van der Waals surface area contributed by atoms with Gasteiger partial charge in [0.2, 0.25) is 0 Å². The highest BCUT2D eigenvalue weighted by Gasteiger charge is 2.34. The molecule has 4 nitrogen and oxygen atoms in total. The Morgan fingerprint density at radius 2 is 2.08 bits per heavy atom. The topological polar surface area (TPSA) is 47.0 Å². The van der Waals surface area contributed by atoms with Gasteiger partial charge in [-0.05, 0) is 43.9 Å². The molecule has 128 valence electrons. The van der Waals surface area contributed by atoms with E-state index in [4.69, 9.17) is 4.74 Å². The van der Waals surface area contributed by atoms with Crippen LogP contribution in [0.25, 0.3) is 0 Å². The Balaban J connectivity index is 1.87. The number of hydrogen-bond donors (Lipinski definition) is 1. The number of rotatable bonds is 5. The third kappa shape index (κ3) is 3.56. The standard InChI is InChI=1S/C19H24FN3O/c1-3-15-12-21-14(2)23-18(15)22-13-19(7-9-24-10-8-19)16-5-4-6-17(20)11-16/h4-6,11-12H,3,7-10,13H2,1-2H3,(H,21,22,23). The monoisotopic (exact) mass is 329 g/mol. The Morgan fingerprint density at radius 3 is 2.79 bits per heavy atom. The van der Waals surface area contributed by atoms with E-state index in [9.17, 15) is 4.39 Å². The minimum absolute atomic E-state index is 0.135. The van der Waals surface area contributed by atoms with Gasteiger partial charge in [-0.2, -0.15) is 0 Å². The first-order valence-electron chi connectivity index (χ1n) is 8.53. The second kappa shape index (κ2) is 7.26. The number of nitrogens with one attached hydrogen (secondary N) is 1. The van der Waals surface area contributed by atoms with Gasteiger partial charge in [0.15, 0.2) is 0 Å². The molecule has 1 aliphatic heterocycles. The lowest BCUT2D eigenvalue weighted by Crippen LogP contribution is -2.40. The molecule has 2 heterocycles. The minimum Gasteiger partial charge on any atom is -0.381 e. The fourth-order valence-corrected chi connectivity index (χ4v) is 3.31. The lowest BCUT2D eigenvalue weighted by atomic mass is 9.74. The number of aryl methyl sites for hydroxylation is 2. The van der Waals surface area contributed by atoms with Gasteiger partial charge in [0.25, 0.3) is 0 Å². The first kappa shape index (κ1) is 16.8. The quantitative estimate of drug-likeness (QED) is 0.909. The molecule has 0 saturated carbocycles. The fraction of sp³-hybridized carbons (Fsp3) is 0.474. The average Bonchev–Trinajstić information content (AvgIpc) is 2.61. The summed E-state index contributed by atoms with van der Waals surface area (Å²) >= 11 is 0. The van der Waals surface area contributed by atoms with Crippen molar-refractivity contribution >= 4 is 5.82 Å². The number of anilines is 1. The van der Waals surface area contributed by atoms with Crippen molar-refractivity contribution in [2.45, 2.75) is 38.5 Å². The van der Waals surface area contributed by atoms with Crippen molar-refractivity contribution in [3.05, 3.63) is 53.2 Å². The Morgan fingerprint density at radius 1 is 1.29 bits per heavy atom. The molecule has 0 bridgehead atoms. The van der Waals surface area contributed by atoms with Crippen LogP contribution in [0.1, 0.15) is 36.7 Å². The fourth-order valence-electron chi connectivity index (χ4n) is 3.31. The zero-order valence-electron chi connectivity index (χ0n) is 14.3. The van der Waals surface area contributed by atoms with E-state index in [1.54, 1.807) is 12.1 Å². The van der Waals surface area contributed by atoms with Crippen molar-refractivity contribution < 1.29 is 9.13 Å². The second-order valence-corrected chi connectivity index (χ2v) is 6.40. The third-order valence-corrected chi connectivity index (χ3v) is 4.85. The van der Waals surface area contributed by atoms with Crippen LogP contribution in [-0.4, -0.2) is 29.7 Å². The molecule has 1 aliphatic rings. The Hall–Kier alpha value is -2.01. The summed E-state index contributed by atoms with van der Waals surface area (Å²) in [5, 5.41) is 3.50. The second-order valence-electron chi connectivity index (χ2n) is 6.40. The molecule has 1 saturated heterocycles. The maximum Gasteiger partial charge on any atom is 0.132 e. The number of hydrogen-bond acceptors (Lipinski definition) is 4. The molecule has 1 aromatic heterocycles. The molecule has 0 amide bonds. The maximum atomic E-state index is 13.8. The van der Waals surface area contributed by atoms with Crippen molar-refractivity contribution in [2.24, 2.45) is 0 Å². The van der Waals surface area contributed by atoms with E-state index in [-0.39, 0.29) is 11.2 Å². The SMILES string of the molecule is CCc1cnc(C)nc1NCC1(c2cccc(F)c2)CCOCC1. The number of ether oxygens (including phenoxy) is 1. The molecule has 0 atom stereocenters. The van der Waals surface area contributed by atoms with Gasteiger partial charge in [0, 0.05) is 36.9 Å². The molecule has 0 aliphatic carbocycles. The summed E-state index contributed by atoms with van der Waals surface area (Å²) in [5.74, 6) is 1.44. The molecule has 1 N–H and O–H groups in total. The molecule has 5 heteroatoms. The summed E-state index contributed by atoms with van der Waals surface area (Å²) < 4.78 is 19.3. The number of benzene rings is 1. The summed E-state index contributed by atoms with van der Waals surface area (Å²) in [6, 6.07) is 6.95. The molecule has 0 unspecified atom stereocenters. The predicted octanol–water partition coefficient (Wildman–Crippen LogP) is 3.65. The van der Waals surface area contributed by atoms with Gasteiger partial charge >= 0.3 is 0 Å².